The average molecular weight is 297 g/mol. The van der Waals surface area contributed by atoms with Gasteiger partial charge in [0.25, 0.3) is 0 Å². The molecule has 6 heteroatoms. The highest BCUT2D eigenvalue weighted by molar-refractivity contribution is 6.42. The number of halogens is 2. The van der Waals surface area contributed by atoms with Crippen molar-refractivity contribution in [3.8, 4) is 11.1 Å². The fraction of sp³-hybridized carbons (Fsp3) is 0.0769. The van der Waals surface area contributed by atoms with Crippen LogP contribution < -0.4 is 5.73 Å². The molecule has 2 N–H and O–H groups in total. The summed E-state index contributed by atoms with van der Waals surface area (Å²) >= 11 is 11.8. The number of aromatic nitrogens is 1. The van der Waals surface area contributed by atoms with Gasteiger partial charge in [-0.05, 0) is 29.8 Å². The Kier molecular flexibility index (Phi) is 3.93. The Morgan fingerprint density at radius 2 is 1.95 bits per heavy atom. The predicted octanol–water partition coefficient (Wildman–Crippen LogP) is 3.42. The second kappa shape index (κ2) is 5.47. The molecular weight excluding hydrogens is 287 g/mol. The Morgan fingerprint density at radius 3 is 2.58 bits per heavy atom. The third kappa shape index (κ3) is 2.80. The van der Waals surface area contributed by atoms with Crippen molar-refractivity contribution in [3.05, 3.63) is 46.1 Å². The van der Waals surface area contributed by atoms with E-state index in [1.807, 2.05) is 0 Å². The molecule has 0 atom stereocenters. The molecular formula is C13H10Cl2N2O2. The Morgan fingerprint density at radius 1 is 1.21 bits per heavy atom. The van der Waals surface area contributed by atoms with Gasteiger partial charge in [0.05, 0.1) is 17.2 Å². The Bertz CT molecular complexity index is 645. The molecule has 0 spiro atoms. The number of hydrogen-bond acceptors (Lipinski definition) is 4. The van der Waals surface area contributed by atoms with Gasteiger partial charge in [-0.3, -0.25) is 0 Å². The second-order valence-electron chi connectivity index (χ2n) is 3.75. The predicted molar refractivity (Wildman–Crippen MR) is 75.4 cm³/mol. The van der Waals surface area contributed by atoms with Gasteiger partial charge in [0.15, 0.2) is 5.69 Å². The minimum Gasteiger partial charge on any atom is -0.464 e. The summed E-state index contributed by atoms with van der Waals surface area (Å²) < 4.78 is 4.69. The lowest BCUT2D eigenvalue weighted by Crippen LogP contribution is -2.08. The van der Waals surface area contributed by atoms with E-state index >= 15 is 0 Å². The normalized spacial score (nSPS) is 10.3. The average Bonchev–Trinajstić information content (AvgIpc) is 2.41. The molecule has 0 fully saturated rings. The van der Waals surface area contributed by atoms with Crippen LogP contribution in [-0.2, 0) is 4.74 Å². The lowest BCUT2D eigenvalue weighted by Gasteiger charge is -2.09. The van der Waals surface area contributed by atoms with Gasteiger partial charge in [-0.15, -0.1) is 0 Å². The Hall–Kier alpha value is -1.78. The number of nitrogens with two attached hydrogens (primary N) is 1. The lowest BCUT2D eigenvalue weighted by atomic mass is 10.0. The molecule has 0 radical (unpaired) electrons. The van der Waals surface area contributed by atoms with E-state index in [1.165, 1.54) is 7.11 Å². The van der Waals surface area contributed by atoms with Crippen molar-refractivity contribution in [3.63, 3.8) is 0 Å². The van der Waals surface area contributed by atoms with Gasteiger partial charge < -0.3 is 10.5 Å². The van der Waals surface area contributed by atoms with E-state index in [4.69, 9.17) is 33.7 Å². The Labute approximate surface area is 120 Å². The first-order valence-electron chi connectivity index (χ1n) is 5.33. The van der Waals surface area contributed by atoms with Crippen LogP contribution in [0.15, 0.2) is 30.3 Å². The number of hydrogen-bond donors (Lipinski definition) is 1. The molecule has 0 unspecified atom stereocenters. The zero-order valence-electron chi connectivity index (χ0n) is 9.98. The van der Waals surface area contributed by atoms with Gasteiger partial charge in [0, 0.05) is 5.56 Å². The van der Waals surface area contributed by atoms with Crippen LogP contribution in [-0.4, -0.2) is 18.1 Å². The van der Waals surface area contributed by atoms with E-state index in [2.05, 4.69) is 4.98 Å². The quantitative estimate of drug-likeness (QED) is 0.862. The van der Waals surface area contributed by atoms with Crippen LogP contribution in [0.5, 0.6) is 0 Å². The van der Waals surface area contributed by atoms with Crippen molar-refractivity contribution in [1.82, 2.24) is 4.98 Å². The summed E-state index contributed by atoms with van der Waals surface area (Å²) in [5.41, 5.74) is 7.02. The number of rotatable bonds is 2. The van der Waals surface area contributed by atoms with E-state index in [-0.39, 0.29) is 11.5 Å². The zero-order valence-corrected chi connectivity index (χ0v) is 11.5. The maximum absolute atomic E-state index is 11.7. The van der Waals surface area contributed by atoms with Crippen LogP contribution in [0.4, 0.5) is 5.82 Å². The van der Waals surface area contributed by atoms with Crippen molar-refractivity contribution in [2.75, 3.05) is 12.8 Å². The molecule has 0 saturated heterocycles. The van der Waals surface area contributed by atoms with Gasteiger partial charge in [-0.1, -0.05) is 29.3 Å². The van der Waals surface area contributed by atoms with E-state index in [9.17, 15) is 4.79 Å². The molecule has 0 aliphatic heterocycles. The number of anilines is 1. The molecule has 1 aromatic heterocycles. The third-order valence-electron chi connectivity index (χ3n) is 2.53. The standard InChI is InChI=1S/C13H10Cl2N2O2/c1-19-13(18)12-8(3-5-11(16)17-12)7-2-4-9(14)10(15)6-7/h2-6H,1H3,(H2,16,17). The molecule has 0 bridgehead atoms. The highest BCUT2D eigenvalue weighted by Gasteiger charge is 2.16. The van der Waals surface area contributed by atoms with Crippen LogP contribution in [0.3, 0.4) is 0 Å². The van der Waals surface area contributed by atoms with Gasteiger partial charge in [-0.25, -0.2) is 9.78 Å². The molecule has 0 saturated carbocycles. The zero-order chi connectivity index (χ0) is 14.0. The highest BCUT2D eigenvalue weighted by atomic mass is 35.5. The van der Waals surface area contributed by atoms with Crippen molar-refractivity contribution in [2.24, 2.45) is 0 Å². The van der Waals surface area contributed by atoms with E-state index in [1.54, 1.807) is 30.3 Å². The summed E-state index contributed by atoms with van der Waals surface area (Å²) in [6, 6.07) is 8.34. The van der Waals surface area contributed by atoms with Crippen LogP contribution in [0, 0.1) is 0 Å². The molecule has 4 nitrogen and oxygen atoms in total. The number of pyridine rings is 1. The maximum atomic E-state index is 11.7. The van der Waals surface area contributed by atoms with E-state index < -0.39 is 5.97 Å². The summed E-state index contributed by atoms with van der Waals surface area (Å²) in [6.45, 7) is 0. The second-order valence-corrected chi connectivity index (χ2v) is 4.57. The molecule has 0 amide bonds. The topological polar surface area (TPSA) is 65.2 Å². The number of benzene rings is 1. The van der Waals surface area contributed by atoms with Gasteiger partial charge in [-0.2, -0.15) is 0 Å². The minimum absolute atomic E-state index is 0.140. The highest BCUT2D eigenvalue weighted by Crippen LogP contribution is 2.30. The summed E-state index contributed by atoms with van der Waals surface area (Å²) in [6.07, 6.45) is 0. The monoisotopic (exact) mass is 296 g/mol. The van der Waals surface area contributed by atoms with Crippen LogP contribution in [0.1, 0.15) is 10.5 Å². The lowest BCUT2D eigenvalue weighted by molar-refractivity contribution is 0.0595. The Balaban J connectivity index is 2.61. The SMILES string of the molecule is COC(=O)c1nc(N)ccc1-c1ccc(Cl)c(Cl)c1. The van der Waals surface area contributed by atoms with Crippen LogP contribution in [0.2, 0.25) is 10.0 Å². The first kappa shape index (κ1) is 13.6. The molecule has 0 aliphatic carbocycles. The first-order chi connectivity index (χ1) is 9.02. The molecule has 0 aliphatic rings. The minimum atomic E-state index is -0.562. The van der Waals surface area contributed by atoms with Gasteiger partial charge in [0.1, 0.15) is 5.82 Å². The summed E-state index contributed by atoms with van der Waals surface area (Å²) in [4.78, 5) is 15.7. The molecule has 2 rings (SSSR count). The fourth-order valence-corrected chi connectivity index (χ4v) is 1.92. The van der Waals surface area contributed by atoms with Crippen molar-refractivity contribution < 1.29 is 9.53 Å². The van der Waals surface area contributed by atoms with E-state index in [0.29, 0.717) is 21.2 Å². The van der Waals surface area contributed by atoms with Crippen LogP contribution >= 0.6 is 23.2 Å². The summed E-state index contributed by atoms with van der Waals surface area (Å²) in [5, 5.41) is 0.834. The molecule has 1 heterocycles. The van der Waals surface area contributed by atoms with Crippen molar-refractivity contribution >= 4 is 35.0 Å². The number of methoxy groups -OCH3 is 1. The van der Waals surface area contributed by atoms with Crippen molar-refractivity contribution in [1.29, 1.82) is 0 Å². The number of esters is 1. The smallest absolute Gasteiger partial charge is 0.357 e. The maximum Gasteiger partial charge on any atom is 0.357 e. The van der Waals surface area contributed by atoms with Crippen molar-refractivity contribution in [2.45, 2.75) is 0 Å². The number of carbonyl (C=O) groups is 1. The van der Waals surface area contributed by atoms with E-state index in [0.717, 1.165) is 0 Å². The molecule has 19 heavy (non-hydrogen) atoms. The largest absolute Gasteiger partial charge is 0.464 e. The first-order valence-corrected chi connectivity index (χ1v) is 6.08. The number of carbonyl (C=O) groups excluding carboxylic acids is 1. The third-order valence-corrected chi connectivity index (χ3v) is 3.27. The molecule has 98 valence electrons. The molecule has 2 aromatic rings. The molecule has 1 aromatic carbocycles. The summed E-state index contributed by atoms with van der Waals surface area (Å²) in [5.74, 6) is -0.322. The van der Waals surface area contributed by atoms with Gasteiger partial charge >= 0.3 is 5.97 Å². The number of nitrogen functional groups attached to an aromatic ring is 1. The fourth-order valence-electron chi connectivity index (χ4n) is 1.62. The summed E-state index contributed by atoms with van der Waals surface area (Å²) in [7, 11) is 1.28. The number of ether oxygens (including phenoxy) is 1. The van der Waals surface area contributed by atoms with Gasteiger partial charge in [0.2, 0.25) is 0 Å². The number of nitrogens with zero attached hydrogens (tertiary/aromatic N) is 1. The van der Waals surface area contributed by atoms with Crippen LogP contribution in [0.25, 0.3) is 11.1 Å².